The maximum atomic E-state index is 13.6. The predicted molar refractivity (Wildman–Crippen MR) is 130 cm³/mol. The monoisotopic (exact) mass is 512 g/mol. The number of nitrogens with zero attached hydrogens (tertiary/aromatic N) is 4. The summed E-state index contributed by atoms with van der Waals surface area (Å²) in [6.07, 6.45) is 4.03. The fraction of sp³-hybridized carbons (Fsp3) is 0.538. The second-order valence-corrected chi connectivity index (χ2v) is 10.3. The molecule has 5 atom stereocenters. The SMILES string of the molecule is CC(C)C(NC(=O)C(C)(F)F)C(=O)N1C[C@@H]2CCC[C@@H]2[C@H]1C(=O)NC(C#N)c1nncc2ccccc12. The number of nitriles is 1. The summed E-state index contributed by atoms with van der Waals surface area (Å²) in [5.74, 6) is -6.82. The summed E-state index contributed by atoms with van der Waals surface area (Å²) in [5.41, 5.74) is 0.297. The van der Waals surface area contributed by atoms with Crippen molar-refractivity contribution < 1.29 is 23.2 Å². The Balaban J connectivity index is 1.61. The zero-order chi connectivity index (χ0) is 26.9. The van der Waals surface area contributed by atoms with Crippen LogP contribution in [0.2, 0.25) is 0 Å². The van der Waals surface area contributed by atoms with Crippen LogP contribution in [0.5, 0.6) is 0 Å². The first kappa shape index (κ1) is 26.4. The van der Waals surface area contributed by atoms with Crippen molar-refractivity contribution in [1.82, 2.24) is 25.7 Å². The quantitative estimate of drug-likeness (QED) is 0.587. The van der Waals surface area contributed by atoms with Gasteiger partial charge in [-0.1, -0.05) is 44.5 Å². The van der Waals surface area contributed by atoms with Crippen molar-refractivity contribution in [3.8, 4) is 6.07 Å². The number of nitrogens with one attached hydrogen (secondary N) is 2. The third-order valence-corrected chi connectivity index (χ3v) is 7.35. The van der Waals surface area contributed by atoms with Gasteiger partial charge >= 0.3 is 5.92 Å². The molecule has 1 aromatic carbocycles. The molecule has 0 spiro atoms. The topological polar surface area (TPSA) is 128 Å². The van der Waals surface area contributed by atoms with Crippen LogP contribution in [-0.2, 0) is 14.4 Å². The Labute approximate surface area is 213 Å². The fourth-order valence-corrected chi connectivity index (χ4v) is 5.48. The van der Waals surface area contributed by atoms with Crippen LogP contribution in [-0.4, -0.2) is 57.4 Å². The third-order valence-electron chi connectivity index (χ3n) is 7.35. The van der Waals surface area contributed by atoms with E-state index in [2.05, 4.69) is 26.9 Å². The summed E-state index contributed by atoms with van der Waals surface area (Å²) in [4.78, 5) is 40.6. The number of carbonyl (C=O) groups is 3. The molecule has 196 valence electrons. The van der Waals surface area contributed by atoms with Crippen molar-refractivity contribution >= 4 is 28.5 Å². The molecule has 11 heteroatoms. The molecule has 0 radical (unpaired) electrons. The number of alkyl halides is 2. The second kappa shape index (κ2) is 10.4. The molecule has 2 aliphatic rings. The normalized spacial score (nSPS) is 22.8. The molecule has 0 bridgehead atoms. The molecule has 9 nitrogen and oxygen atoms in total. The van der Waals surface area contributed by atoms with E-state index in [1.165, 1.54) is 4.90 Å². The highest BCUT2D eigenvalue weighted by molar-refractivity contribution is 5.94. The highest BCUT2D eigenvalue weighted by Gasteiger charge is 2.51. The first-order chi connectivity index (χ1) is 17.5. The maximum Gasteiger partial charge on any atom is 0.321 e. The minimum Gasteiger partial charge on any atom is -0.339 e. The molecule has 1 saturated carbocycles. The number of likely N-dealkylation sites (tertiary alicyclic amines) is 1. The Hall–Kier alpha value is -3.68. The van der Waals surface area contributed by atoms with Gasteiger partial charge in [-0.15, -0.1) is 0 Å². The Bertz CT molecular complexity index is 1240. The van der Waals surface area contributed by atoms with Crippen molar-refractivity contribution in [2.24, 2.45) is 17.8 Å². The van der Waals surface area contributed by atoms with Gasteiger partial charge in [0, 0.05) is 24.2 Å². The molecule has 4 rings (SSSR count). The molecule has 2 heterocycles. The minimum absolute atomic E-state index is 0.0775. The van der Waals surface area contributed by atoms with Crippen molar-refractivity contribution in [1.29, 1.82) is 5.26 Å². The standard InChI is InChI=1S/C26H30F2N6O3/c1-14(2)20(32-25(37)26(3,27)28)24(36)34-13-16-8-6-10-18(16)22(34)23(35)31-19(11-29)21-17-9-5-4-7-15(17)12-30-33-21/h4-5,7,9,12,14,16,18-20,22H,6,8,10,13H2,1-3H3,(H,31,35)(H,32,37)/t16-,18-,19?,20?,22-/m0/s1. The zero-order valence-corrected chi connectivity index (χ0v) is 20.9. The number of benzene rings is 1. The number of amides is 3. The van der Waals surface area contributed by atoms with Gasteiger partial charge in [-0.3, -0.25) is 14.4 Å². The van der Waals surface area contributed by atoms with Crippen LogP contribution in [0.3, 0.4) is 0 Å². The molecule has 1 aliphatic carbocycles. The second-order valence-electron chi connectivity index (χ2n) is 10.3. The van der Waals surface area contributed by atoms with Crippen molar-refractivity contribution in [2.45, 2.75) is 64.1 Å². The highest BCUT2D eigenvalue weighted by Crippen LogP contribution is 2.43. The van der Waals surface area contributed by atoms with Gasteiger partial charge in [0.25, 0.3) is 5.91 Å². The lowest BCUT2D eigenvalue weighted by molar-refractivity contribution is -0.149. The number of aromatic nitrogens is 2. The number of hydrogen-bond donors (Lipinski definition) is 2. The first-order valence-corrected chi connectivity index (χ1v) is 12.4. The summed E-state index contributed by atoms with van der Waals surface area (Å²) < 4.78 is 27.2. The van der Waals surface area contributed by atoms with Gasteiger partial charge in [0.2, 0.25) is 11.8 Å². The van der Waals surface area contributed by atoms with Crippen LogP contribution >= 0.6 is 0 Å². The molecule has 2 aromatic rings. The number of hydrogen-bond acceptors (Lipinski definition) is 6. The Kier molecular flexibility index (Phi) is 7.39. The Morgan fingerprint density at radius 1 is 1.19 bits per heavy atom. The van der Waals surface area contributed by atoms with Gasteiger partial charge in [0.15, 0.2) is 6.04 Å². The number of halogens is 2. The van der Waals surface area contributed by atoms with Crippen LogP contribution in [0.15, 0.2) is 30.5 Å². The van der Waals surface area contributed by atoms with Crippen molar-refractivity contribution in [3.63, 3.8) is 0 Å². The van der Waals surface area contributed by atoms with E-state index in [0.717, 1.165) is 24.6 Å². The third kappa shape index (κ3) is 5.24. The van der Waals surface area contributed by atoms with E-state index in [1.807, 2.05) is 12.1 Å². The van der Waals surface area contributed by atoms with Gasteiger partial charge in [0.05, 0.1) is 12.3 Å². The minimum atomic E-state index is -3.65. The maximum absolute atomic E-state index is 13.6. The van der Waals surface area contributed by atoms with Crippen LogP contribution in [0.25, 0.3) is 10.8 Å². The van der Waals surface area contributed by atoms with E-state index in [0.29, 0.717) is 18.0 Å². The van der Waals surface area contributed by atoms with Gasteiger partial charge in [-0.2, -0.15) is 24.2 Å². The van der Waals surface area contributed by atoms with Gasteiger partial charge in [-0.05, 0) is 30.6 Å². The largest absolute Gasteiger partial charge is 0.339 e. The summed E-state index contributed by atoms with van der Waals surface area (Å²) in [6.45, 7) is 4.05. The van der Waals surface area contributed by atoms with Crippen LogP contribution in [0, 0.1) is 29.1 Å². The predicted octanol–water partition coefficient (Wildman–Crippen LogP) is 2.73. The molecular weight excluding hydrogens is 482 g/mol. The Morgan fingerprint density at radius 2 is 1.92 bits per heavy atom. The average Bonchev–Trinajstić information content (AvgIpc) is 3.45. The molecule has 1 aliphatic heterocycles. The van der Waals surface area contributed by atoms with Crippen molar-refractivity contribution in [3.05, 3.63) is 36.2 Å². The van der Waals surface area contributed by atoms with E-state index in [-0.39, 0.29) is 18.4 Å². The van der Waals surface area contributed by atoms with Crippen molar-refractivity contribution in [2.75, 3.05) is 6.54 Å². The van der Waals surface area contributed by atoms with Crippen LogP contribution in [0.4, 0.5) is 8.78 Å². The Morgan fingerprint density at radius 3 is 2.59 bits per heavy atom. The molecule has 2 fully saturated rings. The molecule has 2 unspecified atom stereocenters. The van der Waals surface area contributed by atoms with Crippen LogP contribution in [0.1, 0.15) is 51.8 Å². The van der Waals surface area contributed by atoms with E-state index in [4.69, 9.17) is 0 Å². The smallest absolute Gasteiger partial charge is 0.321 e. The lowest BCUT2D eigenvalue weighted by atomic mass is 9.93. The van der Waals surface area contributed by atoms with E-state index in [1.54, 1.807) is 32.2 Å². The lowest BCUT2D eigenvalue weighted by Gasteiger charge is -2.32. The highest BCUT2D eigenvalue weighted by atomic mass is 19.3. The summed E-state index contributed by atoms with van der Waals surface area (Å²) in [5, 5.41) is 24.3. The van der Waals surface area contributed by atoms with Gasteiger partial charge < -0.3 is 15.5 Å². The molecular formula is C26H30F2N6O3. The van der Waals surface area contributed by atoms with E-state index < -0.39 is 47.7 Å². The first-order valence-electron chi connectivity index (χ1n) is 12.4. The lowest BCUT2D eigenvalue weighted by Crippen LogP contribution is -2.58. The number of fused-ring (bicyclic) bond motifs is 2. The van der Waals surface area contributed by atoms with E-state index in [9.17, 15) is 28.4 Å². The summed E-state index contributed by atoms with van der Waals surface area (Å²) in [7, 11) is 0. The molecule has 2 N–H and O–H groups in total. The molecule has 37 heavy (non-hydrogen) atoms. The van der Waals surface area contributed by atoms with E-state index >= 15 is 0 Å². The fourth-order valence-electron chi connectivity index (χ4n) is 5.48. The number of carbonyl (C=O) groups excluding carboxylic acids is 3. The van der Waals surface area contributed by atoms with Crippen LogP contribution < -0.4 is 10.6 Å². The average molecular weight is 513 g/mol. The molecule has 1 saturated heterocycles. The molecule has 3 amide bonds. The molecule has 1 aromatic heterocycles. The summed E-state index contributed by atoms with van der Waals surface area (Å²) >= 11 is 0. The zero-order valence-electron chi connectivity index (χ0n) is 20.9. The summed E-state index contributed by atoms with van der Waals surface area (Å²) in [6, 6.07) is 6.09. The number of rotatable bonds is 7. The van der Waals surface area contributed by atoms with Gasteiger partial charge in [0.1, 0.15) is 17.8 Å². The van der Waals surface area contributed by atoms with Gasteiger partial charge in [-0.25, -0.2) is 0 Å².